The Balaban J connectivity index is 1.79. The number of nitrogens with one attached hydrogen (secondary N) is 1. The molecule has 2 aromatic heterocycles. The maximum absolute atomic E-state index is 12.2. The molecule has 1 aromatic carbocycles. The topological polar surface area (TPSA) is 54.9 Å². The van der Waals surface area contributed by atoms with Gasteiger partial charge in [0.25, 0.3) is 5.91 Å². The van der Waals surface area contributed by atoms with Crippen molar-refractivity contribution in [3.63, 3.8) is 0 Å². The van der Waals surface area contributed by atoms with E-state index >= 15 is 0 Å². The summed E-state index contributed by atoms with van der Waals surface area (Å²) in [5, 5.41) is 5.46. The maximum atomic E-state index is 12.2. The molecule has 0 radical (unpaired) electrons. The summed E-state index contributed by atoms with van der Waals surface area (Å²) in [6.45, 7) is 0. The minimum absolute atomic E-state index is 0.168. The molecule has 0 aliphatic heterocycles. The Morgan fingerprint density at radius 1 is 1.05 bits per heavy atom. The van der Waals surface area contributed by atoms with Crippen LogP contribution in [0, 0.1) is 0 Å². The number of carbonyl (C=O) groups is 1. The number of anilines is 1. The van der Waals surface area contributed by atoms with Crippen LogP contribution in [0.15, 0.2) is 47.8 Å². The highest BCUT2D eigenvalue weighted by Gasteiger charge is 2.12. The molecular weight excluding hydrogens is 341 g/mol. The molecule has 3 aromatic rings. The second-order valence-corrected chi connectivity index (χ2v) is 5.99. The summed E-state index contributed by atoms with van der Waals surface area (Å²) < 4.78 is 0. The second-order valence-electron chi connectivity index (χ2n) is 4.36. The molecule has 0 bridgehead atoms. The molecule has 22 heavy (non-hydrogen) atoms. The molecule has 0 aliphatic rings. The molecule has 0 spiro atoms. The smallest absolute Gasteiger partial charge is 0.257 e. The van der Waals surface area contributed by atoms with Gasteiger partial charge in [0.05, 0.1) is 5.69 Å². The van der Waals surface area contributed by atoms with E-state index in [2.05, 4.69) is 15.3 Å². The summed E-state index contributed by atoms with van der Waals surface area (Å²) in [5.74, 6) is -0.333. The number of halogens is 2. The van der Waals surface area contributed by atoms with Crippen LogP contribution in [-0.4, -0.2) is 15.9 Å². The van der Waals surface area contributed by atoms with Gasteiger partial charge < -0.3 is 0 Å². The molecule has 0 aliphatic carbocycles. The first-order valence-electron chi connectivity index (χ1n) is 6.27. The predicted molar refractivity (Wildman–Crippen MR) is 89.8 cm³/mol. The molecule has 7 heteroatoms. The molecule has 0 saturated heterocycles. The van der Waals surface area contributed by atoms with Gasteiger partial charge in [0.15, 0.2) is 5.13 Å². The van der Waals surface area contributed by atoms with Gasteiger partial charge in [0.2, 0.25) is 0 Å². The van der Waals surface area contributed by atoms with Gasteiger partial charge in [-0.15, -0.1) is 11.3 Å². The van der Waals surface area contributed by atoms with E-state index in [0.717, 1.165) is 11.3 Å². The van der Waals surface area contributed by atoms with E-state index in [4.69, 9.17) is 23.2 Å². The largest absolute Gasteiger partial charge is 0.298 e. The third-order valence-electron chi connectivity index (χ3n) is 2.82. The zero-order chi connectivity index (χ0) is 15.5. The van der Waals surface area contributed by atoms with Gasteiger partial charge in [-0.3, -0.25) is 10.1 Å². The second kappa shape index (κ2) is 6.44. The van der Waals surface area contributed by atoms with Gasteiger partial charge >= 0.3 is 0 Å². The van der Waals surface area contributed by atoms with Crippen molar-refractivity contribution >= 4 is 45.6 Å². The van der Waals surface area contributed by atoms with Crippen molar-refractivity contribution in [1.29, 1.82) is 0 Å². The summed E-state index contributed by atoms with van der Waals surface area (Å²) in [6.07, 6.45) is 0. The first-order valence-corrected chi connectivity index (χ1v) is 7.91. The number of amides is 1. The normalized spacial score (nSPS) is 10.5. The predicted octanol–water partition coefficient (Wildman–Crippen LogP) is 4.76. The number of rotatable bonds is 3. The fourth-order valence-electron chi connectivity index (χ4n) is 1.84. The van der Waals surface area contributed by atoms with Crippen LogP contribution in [0.1, 0.15) is 10.4 Å². The summed E-state index contributed by atoms with van der Waals surface area (Å²) in [6, 6.07) is 12.6. The zero-order valence-electron chi connectivity index (χ0n) is 11.1. The van der Waals surface area contributed by atoms with Crippen LogP contribution >= 0.6 is 34.5 Å². The lowest BCUT2D eigenvalue weighted by Crippen LogP contribution is -2.12. The van der Waals surface area contributed by atoms with E-state index < -0.39 is 0 Å². The van der Waals surface area contributed by atoms with Gasteiger partial charge in [-0.05, 0) is 12.1 Å². The lowest BCUT2D eigenvalue weighted by atomic mass is 10.2. The minimum atomic E-state index is -0.333. The van der Waals surface area contributed by atoms with Crippen LogP contribution in [0.5, 0.6) is 0 Å². The van der Waals surface area contributed by atoms with E-state index in [1.165, 1.54) is 23.5 Å². The fourth-order valence-corrected chi connectivity index (χ4v) is 3.01. The monoisotopic (exact) mass is 349 g/mol. The van der Waals surface area contributed by atoms with Crippen molar-refractivity contribution in [3.8, 4) is 11.3 Å². The lowest BCUT2D eigenvalue weighted by Gasteiger charge is -2.02. The van der Waals surface area contributed by atoms with Gasteiger partial charge in [-0.2, -0.15) is 0 Å². The Kier molecular flexibility index (Phi) is 4.38. The van der Waals surface area contributed by atoms with Gasteiger partial charge in [-0.1, -0.05) is 53.5 Å². The number of nitrogens with zero attached hydrogens (tertiary/aromatic N) is 2. The first kappa shape index (κ1) is 15.0. The van der Waals surface area contributed by atoms with Gasteiger partial charge in [0, 0.05) is 16.5 Å². The summed E-state index contributed by atoms with van der Waals surface area (Å²) in [4.78, 5) is 20.4. The van der Waals surface area contributed by atoms with E-state index in [1.807, 2.05) is 35.7 Å². The number of pyridine rings is 1. The molecule has 0 atom stereocenters. The molecule has 0 unspecified atom stereocenters. The van der Waals surface area contributed by atoms with E-state index in [-0.39, 0.29) is 16.2 Å². The number of aromatic nitrogens is 2. The summed E-state index contributed by atoms with van der Waals surface area (Å²) >= 11 is 12.9. The molecule has 1 N–H and O–H groups in total. The van der Waals surface area contributed by atoms with Crippen LogP contribution in [0.2, 0.25) is 10.3 Å². The number of hydrogen-bond acceptors (Lipinski definition) is 4. The molecule has 110 valence electrons. The van der Waals surface area contributed by atoms with Crippen molar-refractivity contribution in [2.24, 2.45) is 0 Å². The quantitative estimate of drug-likeness (QED) is 0.693. The van der Waals surface area contributed by atoms with E-state index in [1.54, 1.807) is 0 Å². The third kappa shape index (κ3) is 3.44. The summed E-state index contributed by atoms with van der Waals surface area (Å²) in [7, 11) is 0. The molecule has 0 saturated carbocycles. The number of benzene rings is 1. The Bertz CT molecular complexity index is 800. The lowest BCUT2D eigenvalue weighted by molar-refractivity contribution is 0.102. The Morgan fingerprint density at radius 2 is 1.73 bits per heavy atom. The highest BCUT2D eigenvalue weighted by atomic mass is 35.5. The Morgan fingerprint density at radius 3 is 2.41 bits per heavy atom. The van der Waals surface area contributed by atoms with E-state index in [9.17, 15) is 4.79 Å². The first-order chi connectivity index (χ1) is 10.6. The van der Waals surface area contributed by atoms with Gasteiger partial charge in [-0.25, -0.2) is 9.97 Å². The van der Waals surface area contributed by atoms with Crippen LogP contribution in [-0.2, 0) is 0 Å². The maximum Gasteiger partial charge on any atom is 0.257 e. The third-order valence-corrected chi connectivity index (χ3v) is 3.96. The van der Waals surface area contributed by atoms with Crippen LogP contribution in [0.4, 0.5) is 5.13 Å². The molecule has 1 amide bonds. The molecule has 0 fully saturated rings. The fraction of sp³-hybridized carbons (Fsp3) is 0. The highest BCUT2D eigenvalue weighted by Crippen LogP contribution is 2.25. The minimum Gasteiger partial charge on any atom is -0.298 e. The van der Waals surface area contributed by atoms with E-state index in [0.29, 0.717) is 10.7 Å². The van der Waals surface area contributed by atoms with Crippen LogP contribution < -0.4 is 5.32 Å². The van der Waals surface area contributed by atoms with Crippen LogP contribution in [0.25, 0.3) is 11.3 Å². The Labute approximate surface area is 140 Å². The van der Waals surface area contributed by atoms with Crippen molar-refractivity contribution in [3.05, 3.63) is 63.7 Å². The van der Waals surface area contributed by atoms with Crippen molar-refractivity contribution < 1.29 is 4.79 Å². The SMILES string of the molecule is O=C(Nc1nc(-c2ccccc2)cs1)c1cc(Cl)nc(Cl)c1. The van der Waals surface area contributed by atoms with Crippen LogP contribution in [0.3, 0.4) is 0 Å². The molecule has 3 rings (SSSR count). The number of thiazole rings is 1. The van der Waals surface area contributed by atoms with Crippen molar-refractivity contribution in [2.45, 2.75) is 0 Å². The highest BCUT2D eigenvalue weighted by molar-refractivity contribution is 7.14. The number of hydrogen-bond donors (Lipinski definition) is 1. The average molecular weight is 350 g/mol. The molecule has 4 nitrogen and oxygen atoms in total. The standard InChI is InChI=1S/C15H9Cl2N3OS/c16-12-6-10(7-13(17)19-12)14(21)20-15-18-11(8-22-15)9-4-2-1-3-5-9/h1-8H,(H,18,20,21). The van der Waals surface area contributed by atoms with Crippen molar-refractivity contribution in [2.75, 3.05) is 5.32 Å². The molecular formula is C15H9Cl2N3OS. The average Bonchev–Trinajstić information content (AvgIpc) is 2.95. The number of carbonyl (C=O) groups excluding carboxylic acids is 1. The Hall–Kier alpha value is -1.95. The summed E-state index contributed by atoms with van der Waals surface area (Å²) in [5.41, 5.74) is 2.14. The van der Waals surface area contributed by atoms with Crippen molar-refractivity contribution in [1.82, 2.24) is 9.97 Å². The zero-order valence-corrected chi connectivity index (χ0v) is 13.4. The molecule has 2 heterocycles. The van der Waals surface area contributed by atoms with Gasteiger partial charge in [0.1, 0.15) is 10.3 Å².